The fraction of sp³-hybridized carbons (Fsp3) is 0.242. The van der Waals surface area contributed by atoms with Crippen LogP contribution < -0.4 is 10.6 Å². The van der Waals surface area contributed by atoms with Crippen LogP contribution >= 0.6 is 0 Å². The number of amides is 1. The van der Waals surface area contributed by atoms with Crippen LogP contribution in [0.25, 0.3) is 10.8 Å². The Morgan fingerprint density at radius 1 is 0.889 bits per heavy atom. The van der Waals surface area contributed by atoms with Crippen LogP contribution in [-0.4, -0.2) is 5.91 Å². The second-order valence-electron chi connectivity index (χ2n) is 11.2. The van der Waals surface area contributed by atoms with E-state index in [1.807, 2.05) is 30.3 Å². The lowest BCUT2D eigenvalue weighted by molar-refractivity contribution is 0.102. The lowest BCUT2D eigenvalue weighted by Gasteiger charge is -2.38. The first kappa shape index (κ1) is 22.6. The van der Waals surface area contributed by atoms with E-state index < -0.39 is 0 Å². The smallest absolute Gasteiger partial charge is 0.255 e. The van der Waals surface area contributed by atoms with Crippen LogP contribution in [0.3, 0.4) is 0 Å². The first-order chi connectivity index (χ1) is 17.4. The molecule has 0 saturated carbocycles. The van der Waals surface area contributed by atoms with E-state index in [4.69, 9.17) is 0 Å². The van der Waals surface area contributed by atoms with Gasteiger partial charge in [0.1, 0.15) is 0 Å². The molecule has 1 heterocycles. The van der Waals surface area contributed by atoms with Crippen LogP contribution in [0.1, 0.15) is 66.2 Å². The summed E-state index contributed by atoms with van der Waals surface area (Å²) in [5, 5.41) is 9.49. The monoisotopic (exact) mass is 472 g/mol. The van der Waals surface area contributed by atoms with E-state index in [-0.39, 0.29) is 17.4 Å². The molecule has 2 N–H and O–H groups in total. The van der Waals surface area contributed by atoms with E-state index >= 15 is 0 Å². The maximum absolute atomic E-state index is 13.0. The molecule has 0 aromatic heterocycles. The Balaban J connectivity index is 1.26. The van der Waals surface area contributed by atoms with Crippen LogP contribution in [0.4, 0.5) is 11.4 Å². The van der Waals surface area contributed by atoms with E-state index in [1.165, 1.54) is 27.5 Å². The molecule has 0 saturated heterocycles. The number of hydrogen-bond donors (Lipinski definition) is 2. The Kier molecular flexibility index (Phi) is 5.44. The minimum Gasteiger partial charge on any atom is -0.378 e. The molecule has 0 fully saturated rings. The quantitative estimate of drug-likeness (QED) is 0.295. The summed E-state index contributed by atoms with van der Waals surface area (Å²) >= 11 is 0. The molecule has 3 heteroatoms. The van der Waals surface area contributed by atoms with Crippen LogP contribution in [-0.2, 0) is 5.41 Å². The van der Waals surface area contributed by atoms with Gasteiger partial charge in [0.25, 0.3) is 5.91 Å². The molecule has 0 radical (unpaired) electrons. The Morgan fingerprint density at radius 2 is 1.67 bits per heavy atom. The topological polar surface area (TPSA) is 41.1 Å². The average Bonchev–Trinajstić information content (AvgIpc) is 3.38. The highest BCUT2D eigenvalue weighted by atomic mass is 16.1. The number of benzene rings is 4. The molecule has 4 aromatic carbocycles. The minimum absolute atomic E-state index is 0.0660. The van der Waals surface area contributed by atoms with Crippen molar-refractivity contribution in [1.29, 1.82) is 0 Å². The maximum Gasteiger partial charge on any atom is 0.255 e. The van der Waals surface area contributed by atoms with E-state index in [0.717, 1.165) is 17.8 Å². The normalized spacial score (nSPS) is 20.5. The fourth-order valence-corrected chi connectivity index (χ4v) is 5.73. The Labute approximate surface area is 213 Å². The number of rotatable bonds is 3. The summed E-state index contributed by atoms with van der Waals surface area (Å²) < 4.78 is 0. The molecule has 3 atom stereocenters. The number of nitrogens with one attached hydrogen (secondary N) is 2. The van der Waals surface area contributed by atoms with Gasteiger partial charge in [0, 0.05) is 22.9 Å². The number of anilines is 2. The summed E-state index contributed by atoms with van der Waals surface area (Å²) in [5.41, 5.74) is 6.53. The molecule has 180 valence electrons. The van der Waals surface area contributed by atoms with Crippen molar-refractivity contribution < 1.29 is 4.79 Å². The molecule has 1 amide bonds. The van der Waals surface area contributed by atoms with Gasteiger partial charge in [0.15, 0.2) is 0 Å². The Hall–Kier alpha value is -3.85. The fourth-order valence-electron chi connectivity index (χ4n) is 5.73. The third-order valence-electron chi connectivity index (χ3n) is 7.77. The molecule has 0 spiro atoms. The molecule has 36 heavy (non-hydrogen) atoms. The number of hydrogen-bond acceptors (Lipinski definition) is 2. The van der Waals surface area contributed by atoms with E-state index in [9.17, 15) is 4.79 Å². The van der Waals surface area contributed by atoms with Gasteiger partial charge in [-0.2, -0.15) is 0 Å². The van der Waals surface area contributed by atoms with Crippen molar-refractivity contribution in [1.82, 2.24) is 0 Å². The van der Waals surface area contributed by atoms with Crippen molar-refractivity contribution in [2.24, 2.45) is 5.92 Å². The highest BCUT2D eigenvalue weighted by Gasteiger charge is 2.38. The van der Waals surface area contributed by atoms with Crippen molar-refractivity contribution in [2.45, 2.75) is 44.6 Å². The van der Waals surface area contributed by atoms with Crippen LogP contribution in [0.15, 0.2) is 97.1 Å². The summed E-state index contributed by atoms with van der Waals surface area (Å²) in [5.74, 6) is 0.710. The SMILES string of the molecule is CC(C)(C)c1ccc(C(=O)Nc2ccc3c(c2)C2C=CCC2C(c2ccc4ccccc4c2)N3)cc1. The van der Waals surface area contributed by atoms with Gasteiger partial charge < -0.3 is 10.6 Å². The summed E-state index contributed by atoms with van der Waals surface area (Å²) in [4.78, 5) is 13.0. The summed E-state index contributed by atoms with van der Waals surface area (Å²) in [6.45, 7) is 6.54. The number of carbonyl (C=O) groups excluding carboxylic acids is 1. The van der Waals surface area contributed by atoms with Gasteiger partial charge in [0.2, 0.25) is 0 Å². The first-order valence-corrected chi connectivity index (χ1v) is 12.8. The highest BCUT2D eigenvalue weighted by molar-refractivity contribution is 6.04. The van der Waals surface area contributed by atoms with Gasteiger partial charge in [-0.25, -0.2) is 0 Å². The van der Waals surface area contributed by atoms with Gasteiger partial charge >= 0.3 is 0 Å². The van der Waals surface area contributed by atoms with E-state index in [1.54, 1.807) is 0 Å². The number of fused-ring (bicyclic) bond motifs is 4. The summed E-state index contributed by atoms with van der Waals surface area (Å²) in [6.07, 6.45) is 5.70. The Bertz CT molecular complexity index is 1480. The summed E-state index contributed by atoms with van der Waals surface area (Å²) in [6, 6.07) is 29.8. The van der Waals surface area contributed by atoms with Crippen LogP contribution in [0.5, 0.6) is 0 Å². The van der Waals surface area contributed by atoms with Crippen molar-refractivity contribution in [3.05, 3.63) is 119 Å². The zero-order chi connectivity index (χ0) is 24.9. The third-order valence-corrected chi connectivity index (χ3v) is 7.77. The van der Waals surface area contributed by atoms with Gasteiger partial charge in [-0.1, -0.05) is 81.5 Å². The van der Waals surface area contributed by atoms with Crippen molar-refractivity contribution in [3.8, 4) is 0 Å². The van der Waals surface area contributed by atoms with Crippen molar-refractivity contribution in [3.63, 3.8) is 0 Å². The molecule has 1 aliphatic heterocycles. The second-order valence-corrected chi connectivity index (χ2v) is 11.2. The predicted molar refractivity (Wildman–Crippen MR) is 150 cm³/mol. The van der Waals surface area contributed by atoms with Crippen molar-refractivity contribution >= 4 is 28.1 Å². The van der Waals surface area contributed by atoms with Gasteiger partial charge in [-0.15, -0.1) is 0 Å². The lowest BCUT2D eigenvalue weighted by Crippen LogP contribution is -2.29. The third kappa shape index (κ3) is 4.09. The van der Waals surface area contributed by atoms with Crippen molar-refractivity contribution in [2.75, 3.05) is 10.6 Å². The number of allylic oxidation sites excluding steroid dienone is 2. The largest absolute Gasteiger partial charge is 0.378 e. The standard InChI is InChI=1S/C33H32N2O/c1-33(2,3)25-15-13-22(14-16-25)32(36)34-26-17-18-30-29(20-26)27-9-6-10-28(27)31(35-30)24-12-11-21-7-4-5-8-23(21)19-24/h4-9,11-20,27-28,31,35H,10H2,1-3H3,(H,34,36). The molecule has 6 rings (SSSR count). The molecule has 0 bridgehead atoms. The minimum atomic E-state index is -0.0771. The maximum atomic E-state index is 13.0. The molecular formula is C33H32N2O. The van der Waals surface area contributed by atoms with Crippen LogP contribution in [0.2, 0.25) is 0 Å². The van der Waals surface area contributed by atoms with Crippen LogP contribution in [0, 0.1) is 5.92 Å². The lowest BCUT2D eigenvalue weighted by atomic mass is 9.76. The second kappa shape index (κ2) is 8.67. The van der Waals surface area contributed by atoms with Gasteiger partial charge in [-0.3, -0.25) is 4.79 Å². The average molecular weight is 473 g/mol. The molecule has 2 aliphatic rings. The zero-order valence-electron chi connectivity index (χ0n) is 21.1. The zero-order valence-corrected chi connectivity index (χ0v) is 21.1. The highest BCUT2D eigenvalue weighted by Crippen LogP contribution is 2.50. The molecule has 3 nitrogen and oxygen atoms in total. The van der Waals surface area contributed by atoms with Gasteiger partial charge in [0.05, 0.1) is 6.04 Å². The molecule has 1 aliphatic carbocycles. The first-order valence-electron chi connectivity index (χ1n) is 12.8. The summed E-state index contributed by atoms with van der Waals surface area (Å²) in [7, 11) is 0. The number of carbonyl (C=O) groups is 1. The molecule has 3 unspecified atom stereocenters. The molecule has 4 aromatic rings. The van der Waals surface area contributed by atoms with E-state index in [0.29, 0.717) is 17.4 Å². The van der Waals surface area contributed by atoms with Gasteiger partial charge in [-0.05, 0) is 81.6 Å². The molecular weight excluding hydrogens is 440 g/mol. The van der Waals surface area contributed by atoms with E-state index in [2.05, 4.69) is 98.2 Å². The Morgan fingerprint density at radius 3 is 2.44 bits per heavy atom. The predicted octanol–water partition coefficient (Wildman–Crippen LogP) is 8.22.